The van der Waals surface area contributed by atoms with E-state index in [4.69, 9.17) is 14.6 Å². The molecule has 112 valence electrons. The van der Waals surface area contributed by atoms with Crippen LogP contribution in [0.5, 0.6) is 11.5 Å². The maximum Gasteiger partial charge on any atom is 0.306 e. The van der Waals surface area contributed by atoms with Crippen molar-refractivity contribution >= 4 is 18.0 Å². The summed E-state index contributed by atoms with van der Waals surface area (Å²) in [5, 5.41) is 11.4. The lowest BCUT2D eigenvalue weighted by Gasteiger charge is -2.05. The minimum atomic E-state index is -0.861. The number of benzene rings is 1. The predicted octanol–water partition coefficient (Wildman–Crippen LogP) is 1.66. The van der Waals surface area contributed by atoms with Crippen LogP contribution in [0.15, 0.2) is 24.3 Å². The molecule has 0 radical (unpaired) electrons. The molecule has 1 heterocycles. The molecule has 0 aliphatic carbocycles. The molecule has 2 rings (SSSR count). The van der Waals surface area contributed by atoms with Crippen LogP contribution in [0.25, 0.3) is 6.08 Å². The second-order valence-corrected chi connectivity index (χ2v) is 4.77. The van der Waals surface area contributed by atoms with Gasteiger partial charge < -0.3 is 19.9 Å². The Labute approximate surface area is 122 Å². The Morgan fingerprint density at radius 1 is 1.38 bits per heavy atom. The zero-order valence-corrected chi connectivity index (χ0v) is 11.7. The second kappa shape index (κ2) is 6.78. The molecule has 0 saturated heterocycles. The van der Waals surface area contributed by atoms with E-state index >= 15 is 0 Å². The van der Waals surface area contributed by atoms with Gasteiger partial charge in [-0.3, -0.25) is 9.59 Å². The topological polar surface area (TPSA) is 84.9 Å². The van der Waals surface area contributed by atoms with Crippen molar-refractivity contribution in [2.75, 3.05) is 13.3 Å². The van der Waals surface area contributed by atoms with Gasteiger partial charge in [0.15, 0.2) is 11.5 Å². The van der Waals surface area contributed by atoms with Gasteiger partial charge in [0.1, 0.15) is 0 Å². The van der Waals surface area contributed by atoms with Crippen LogP contribution in [0.2, 0.25) is 0 Å². The van der Waals surface area contributed by atoms with E-state index in [9.17, 15) is 9.59 Å². The van der Waals surface area contributed by atoms with Crippen molar-refractivity contribution in [1.82, 2.24) is 5.32 Å². The van der Waals surface area contributed by atoms with Crippen LogP contribution in [-0.2, 0) is 9.59 Å². The predicted molar refractivity (Wildman–Crippen MR) is 76.0 cm³/mol. The molecule has 1 unspecified atom stereocenters. The molecular formula is C15H17NO5. The average molecular weight is 291 g/mol. The van der Waals surface area contributed by atoms with Crippen molar-refractivity contribution < 1.29 is 24.2 Å². The lowest BCUT2D eigenvalue weighted by Crippen LogP contribution is -2.25. The summed E-state index contributed by atoms with van der Waals surface area (Å²) in [6.45, 7) is 2.15. The average Bonchev–Trinajstić information content (AvgIpc) is 2.92. The Hall–Kier alpha value is -2.50. The van der Waals surface area contributed by atoms with Crippen molar-refractivity contribution in [3.05, 3.63) is 29.8 Å². The number of nitrogens with one attached hydrogen (secondary N) is 1. The molecule has 0 fully saturated rings. The number of rotatable bonds is 6. The van der Waals surface area contributed by atoms with Gasteiger partial charge in [0.05, 0.1) is 5.92 Å². The van der Waals surface area contributed by atoms with Crippen molar-refractivity contribution in [3.8, 4) is 11.5 Å². The summed E-state index contributed by atoms with van der Waals surface area (Å²) in [5.74, 6) is -0.236. The number of carboxylic acids is 1. The van der Waals surface area contributed by atoms with Gasteiger partial charge in [-0.05, 0) is 30.2 Å². The standard InChI is InChI=1S/C15H17NO5/c1-10(15(18)19)6-7-16-14(17)5-3-11-2-4-12-13(8-11)21-9-20-12/h2-5,8,10H,6-7,9H2,1H3,(H,16,17)(H,18,19)/b5-3+. The molecule has 6 nitrogen and oxygen atoms in total. The fraction of sp³-hybridized carbons (Fsp3) is 0.333. The third-order valence-electron chi connectivity index (χ3n) is 3.12. The first kappa shape index (κ1) is 14.9. The number of carbonyl (C=O) groups is 2. The zero-order valence-electron chi connectivity index (χ0n) is 11.7. The van der Waals surface area contributed by atoms with Gasteiger partial charge >= 0.3 is 5.97 Å². The number of ether oxygens (including phenoxy) is 2. The molecule has 0 saturated carbocycles. The van der Waals surface area contributed by atoms with Gasteiger partial charge in [0.25, 0.3) is 0 Å². The van der Waals surface area contributed by atoms with Crippen molar-refractivity contribution in [2.45, 2.75) is 13.3 Å². The van der Waals surface area contributed by atoms with Crippen molar-refractivity contribution in [2.24, 2.45) is 5.92 Å². The van der Waals surface area contributed by atoms with E-state index in [1.54, 1.807) is 25.1 Å². The molecule has 2 N–H and O–H groups in total. The van der Waals surface area contributed by atoms with Gasteiger partial charge in [-0.1, -0.05) is 13.0 Å². The minimum absolute atomic E-state index is 0.213. The summed E-state index contributed by atoms with van der Waals surface area (Å²) in [6.07, 6.45) is 3.47. The summed E-state index contributed by atoms with van der Waals surface area (Å²) in [7, 11) is 0. The molecule has 6 heteroatoms. The van der Waals surface area contributed by atoms with Crippen LogP contribution in [0.4, 0.5) is 0 Å². The normalized spacial score (nSPS) is 14.1. The summed E-state index contributed by atoms with van der Waals surface area (Å²) < 4.78 is 10.4. The van der Waals surface area contributed by atoms with Gasteiger partial charge in [-0.15, -0.1) is 0 Å². The van der Waals surface area contributed by atoms with Gasteiger partial charge in [0.2, 0.25) is 12.7 Å². The maximum absolute atomic E-state index is 11.6. The molecule has 1 amide bonds. The Bertz CT molecular complexity index is 567. The van der Waals surface area contributed by atoms with E-state index in [0.717, 1.165) is 5.56 Å². The Balaban J connectivity index is 1.81. The molecule has 0 spiro atoms. The monoisotopic (exact) mass is 291 g/mol. The highest BCUT2D eigenvalue weighted by atomic mass is 16.7. The number of fused-ring (bicyclic) bond motifs is 1. The first-order chi connectivity index (χ1) is 10.1. The van der Waals surface area contributed by atoms with Crippen LogP contribution in [-0.4, -0.2) is 30.3 Å². The first-order valence-electron chi connectivity index (χ1n) is 6.64. The molecule has 1 aromatic rings. The number of hydrogen-bond donors (Lipinski definition) is 2. The summed E-state index contributed by atoms with van der Waals surface area (Å²) in [6, 6.07) is 5.40. The molecule has 1 aliphatic rings. The molecule has 21 heavy (non-hydrogen) atoms. The Kier molecular flexibility index (Phi) is 4.81. The maximum atomic E-state index is 11.6. The van der Waals surface area contributed by atoms with Crippen LogP contribution >= 0.6 is 0 Å². The van der Waals surface area contributed by atoms with E-state index < -0.39 is 11.9 Å². The zero-order chi connectivity index (χ0) is 15.2. The van der Waals surface area contributed by atoms with Gasteiger partial charge in [-0.2, -0.15) is 0 Å². The molecule has 1 aromatic carbocycles. The van der Waals surface area contributed by atoms with E-state index in [0.29, 0.717) is 24.5 Å². The fourth-order valence-corrected chi connectivity index (χ4v) is 1.78. The van der Waals surface area contributed by atoms with Gasteiger partial charge in [-0.25, -0.2) is 0 Å². The highest BCUT2D eigenvalue weighted by Gasteiger charge is 2.12. The number of carboxylic acid groups (broad SMARTS) is 1. The van der Waals surface area contributed by atoms with Crippen LogP contribution in [0.3, 0.4) is 0 Å². The van der Waals surface area contributed by atoms with E-state index in [-0.39, 0.29) is 12.7 Å². The summed E-state index contributed by atoms with van der Waals surface area (Å²) >= 11 is 0. The minimum Gasteiger partial charge on any atom is -0.481 e. The Morgan fingerprint density at radius 3 is 2.90 bits per heavy atom. The number of amides is 1. The molecular weight excluding hydrogens is 274 g/mol. The van der Waals surface area contributed by atoms with Crippen LogP contribution in [0, 0.1) is 5.92 Å². The molecule has 1 atom stereocenters. The highest BCUT2D eigenvalue weighted by molar-refractivity contribution is 5.91. The Morgan fingerprint density at radius 2 is 2.14 bits per heavy atom. The molecule has 0 bridgehead atoms. The third kappa shape index (κ3) is 4.24. The van der Waals surface area contributed by atoms with E-state index in [1.165, 1.54) is 6.08 Å². The lowest BCUT2D eigenvalue weighted by molar-refractivity contribution is -0.141. The third-order valence-corrected chi connectivity index (χ3v) is 3.12. The largest absolute Gasteiger partial charge is 0.481 e. The highest BCUT2D eigenvalue weighted by Crippen LogP contribution is 2.32. The smallest absolute Gasteiger partial charge is 0.306 e. The summed E-state index contributed by atoms with van der Waals surface area (Å²) in [5.41, 5.74) is 0.827. The molecule has 0 aromatic heterocycles. The second-order valence-electron chi connectivity index (χ2n) is 4.77. The summed E-state index contributed by atoms with van der Waals surface area (Å²) in [4.78, 5) is 22.2. The number of hydrogen-bond acceptors (Lipinski definition) is 4. The fourth-order valence-electron chi connectivity index (χ4n) is 1.78. The SMILES string of the molecule is CC(CCNC(=O)/C=C/c1ccc2c(c1)OCO2)C(=O)O. The number of aliphatic carboxylic acids is 1. The van der Waals surface area contributed by atoms with E-state index in [2.05, 4.69) is 5.32 Å². The quantitative estimate of drug-likeness (QED) is 0.779. The van der Waals surface area contributed by atoms with Crippen LogP contribution in [0.1, 0.15) is 18.9 Å². The van der Waals surface area contributed by atoms with Crippen LogP contribution < -0.4 is 14.8 Å². The molecule has 1 aliphatic heterocycles. The first-order valence-corrected chi connectivity index (χ1v) is 6.64. The van der Waals surface area contributed by atoms with E-state index in [1.807, 2.05) is 6.07 Å². The lowest BCUT2D eigenvalue weighted by atomic mass is 10.1. The van der Waals surface area contributed by atoms with Crippen molar-refractivity contribution in [1.29, 1.82) is 0 Å². The number of carbonyl (C=O) groups excluding carboxylic acids is 1. The van der Waals surface area contributed by atoms with Crippen molar-refractivity contribution in [3.63, 3.8) is 0 Å². The van der Waals surface area contributed by atoms with Gasteiger partial charge in [0, 0.05) is 12.6 Å².